The van der Waals surface area contributed by atoms with E-state index in [1.54, 1.807) is 12.1 Å². The third kappa shape index (κ3) is 6.57. The largest absolute Gasteiger partial charge is 0.488 e. The molecule has 0 amide bonds. The van der Waals surface area contributed by atoms with Gasteiger partial charge in [0.05, 0.1) is 17.7 Å². The molecule has 0 saturated carbocycles. The van der Waals surface area contributed by atoms with Crippen LogP contribution >= 0.6 is 11.6 Å². The third-order valence-electron chi connectivity index (χ3n) is 5.38. The number of rotatable bonds is 9. The molecule has 6 heteroatoms. The second-order valence-electron chi connectivity index (χ2n) is 7.60. The second-order valence-corrected chi connectivity index (χ2v) is 8.01. The van der Waals surface area contributed by atoms with E-state index in [1.807, 2.05) is 63.2 Å². The maximum absolute atomic E-state index is 15.5. The van der Waals surface area contributed by atoms with Crippen molar-refractivity contribution in [2.45, 2.75) is 45.6 Å². The Morgan fingerprint density at radius 1 is 1.09 bits per heavy atom. The molecule has 0 spiro atoms. The normalized spacial score (nSPS) is 12.2. The van der Waals surface area contributed by atoms with Gasteiger partial charge < -0.3 is 15.6 Å². The second kappa shape index (κ2) is 13.7. The van der Waals surface area contributed by atoms with E-state index in [9.17, 15) is 10.4 Å². The zero-order valence-corrected chi connectivity index (χ0v) is 20.6. The number of nitrogens with two attached hydrogens (primary N) is 1. The summed E-state index contributed by atoms with van der Waals surface area (Å²) in [5.74, 6) is -0.825. The van der Waals surface area contributed by atoms with Gasteiger partial charge in [-0.05, 0) is 41.8 Å². The van der Waals surface area contributed by atoms with Crippen LogP contribution in [0.2, 0.25) is 5.02 Å². The van der Waals surface area contributed by atoms with Crippen molar-refractivity contribution in [3.63, 3.8) is 0 Å². The maximum atomic E-state index is 15.5. The molecule has 3 rings (SSSR count). The molecule has 0 aromatic heterocycles. The summed E-state index contributed by atoms with van der Waals surface area (Å²) in [6, 6.07) is 20.1. The number of nitriles is 1. The van der Waals surface area contributed by atoms with Gasteiger partial charge in [-0.15, -0.1) is 0 Å². The summed E-state index contributed by atoms with van der Waals surface area (Å²) >= 11 is 6.46. The van der Waals surface area contributed by atoms with Crippen LogP contribution in [0.15, 0.2) is 60.7 Å². The molecule has 3 aromatic rings. The van der Waals surface area contributed by atoms with Gasteiger partial charge in [0.1, 0.15) is 6.61 Å². The van der Waals surface area contributed by atoms with Crippen LogP contribution in [0.5, 0.6) is 5.75 Å². The molecule has 0 bridgehead atoms. The van der Waals surface area contributed by atoms with E-state index in [0.717, 1.165) is 17.5 Å². The number of ether oxygens (including phenoxy) is 1. The molecule has 1 unspecified atom stereocenters. The minimum absolute atomic E-state index is 0.0333. The van der Waals surface area contributed by atoms with Crippen LogP contribution in [0.3, 0.4) is 0 Å². The Kier molecular flexibility index (Phi) is 11.0. The number of hydrogen-bond donors (Lipinski definition) is 2. The first-order valence-electron chi connectivity index (χ1n) is 11.6. The Morgan fingerprint density at radius 3 is 2.41 bits per heavy atom. The molecule has 0 heterocycles. The van der Waals surface area contributed by atoms with Gasteiger partial charge >= 0.3 is 0 Å². The fraction of sp³-hybridized carbons (Fsp3) is 0.321. The molecular formula is C28H32ClFN2O2. The van der Waals surface area contributed by atoms with Gasteiger partial charge in [0, 0.05) is 28.6 Å². The summed E-state index contributed by atoms with van der Waals surface area (Å²) in [6.07, 6.45) is 0.651. The number of halogens is 2. The van der Waals surface area contributed by atoms with Crippen LogP contribution in [0.4, 0.5) is 4.39 Å². The van der Waals surface area contributed by atoms with Crippen LogP contribution < -0.4 is 10.5 Å². The van der Waals surface area contributed by atoms with E-state index in [0.29, 0.717) is 23.6 Å². The minimum atomic E-state index is -0.693. The van der Waals surface area contributed by atoms with Gasteiger partial charge in [0.15, 0.2) is 11.6 Å². The highest BCUT2D eigenvalue weighted by atomic mass is 35.5. The molecule has 0 aliphatic heterocycles. The molecule has 0 saturated heterocycles. The summed E-state index contributed by atoms with van der Waals surface area (Å²) in [5, 5.41) is 19.9. The molecule has 3 N–H and O–H groups in total. The van der Waals surface area contributed by atoms with Crippen LogP contribution in [-0.4, -0.2) is 24.4 Å². The topological polar surface area (TPSA) is 79.3 Å². The highest BCUT2D eigenvalue weighted by Gasteiger charge is 2.21. The summed E-state index contributed by atoms with van der Waals surface area (Å²) in [4.78, 5) is 0. The highest BCUT2D eigenvalue weighted by Crippen LogP contribution is 2.38. The van der Waals surface area contributed by atoms with Crippen molar-refractivity contribution in [1.82, 2.24) is 0 Å². The molecule has 0 fully saturated rings. The lowest BCUT2D eigenvalue weighted by atomic mass is 9.88. The van der Waals surface area contributed by atoms with Crippen molar-refractivity contribution in [3.05, 3.63) is 88.2 Å². The first-order chi connectivity index (χ1) is 16.5. The SMILES string of the molecule is CC.CCC[C@H](O)COc1ccc(C#N)c(-c2cc(C(CN)c3ccccc3)ccc2Cl)c1F. The lowest BCUT2D eigenvalue weighted by Gasteiger charge is -2.19. The van der Waals surface area contributed by atoms with Crippen molar-refractivity contribution in [2.24, 2.45) is 5.73 Å². The summed E-state index contributed by atoms with van der Waals surface area (Å²) < 4.78 is 21.0. The van der Waals surface area contributed by atoms with Crippen molar-refractivity contribution < 1.29 is 14.2 Å². The lowest BCUT2D eigenvalue weighted by Crippen LogP contribution is -2.17. The van der Waals surface area contributed by atoms with E-state index in [1.165, 1.54) is 12.1 Å². The van der Waals surface area contributed by atoms with E-state index < -0.39 is 11.9 Å². The number of aliphatic hydroxyl groups is 1. The number of aliphatic hydroxyl groups excluding tert-OH is 1. The van der Waals surface area contributed by atoms with Crippen molar-refractivity contribution in [1.29, 1.82) is 5.26 Å². The van der Waals surface area contributed by atoms with Crippen molar-refractivity contribution >= 4 is 11.6 Å². The van der Waals surface area contributed by atoms with Crippen molar-refractivity contribution in [2.75, 3.05) is 13.2 Å². The quantitative estimate of drug-likeness (QED) is 0.356. The predicted molar refractivity (Wildman–Crippen MR) is 137 cm³/mol. The Hall–Kier alpha value is -2.91. The molecular weight excluding hydrogens is 451 g/mol. The summed E-state index contributed by atoms with van der Waals surface area (Å²) in [6.45, 7) is 6.27. The average Bonchev–Trinajstić information content (AvgIpc) is 2.87. The van der Waals surface area contributed by atoms with Crippen LogP contribution in [-0.2, 0) is 0 Å². The van der Waals surface area contributed by atoms with Crippen molar-refractivity contribution in [3.8, 4) is 22.9 Å². The predicted octanol–water partition coefficient (Wildman–Crippen LogP) is 6.67. The first kappa shape index (κ1) is 27.3. The van der Waals surface area contributed by atoms with E-state index in [-0.39, 0.29) is 29.4 Å². The molecule has 34 heavy (non-hydrogen) atoms. The summed E-state index contributed by atoms with van der Waals surface area (Å²) in [7, 11) is 0. The Morgan fingerprint density at radius 2 is 1.79 bits per heavy atom. The minimum Gasteiger partial charge on any atom is -0.488 e. The van der Waals surface area contributed by atoms with E-state index >= 15 is 4.39 Å². The standard InChI is InChI=1S/C26H26ClFN2O2.C2H6/c1-2-6-20(31)16-32-24-12-10-19(14-29)25(26(24)28)21-13-18(9-11-23(21)27)22(15-30)17-7-4-3-5-8-17;1-2/h3-5,7-13,20,22,31H,2,6,15-16,30H2,1H3;1-2H3/t20-,22?;/m0./s1. The zero-order valence-electron chi connectivity index (χ0n) is 19.9. The molecule has 0 aliphatic carbocycles. The van der Waals surface area contributed by atoms with Gasteiger partial charge in [-0.2, -0.15) is 5.26 Å². The Labute approximate surface area is 206 Å². The van der Waals surface area contributed by atoms with Gasteiger partial charge in [-0.25, -0.2) is 4.39 Å². The van der Waals surface area contributed by atoms with E-state index in [4.69, 9.17) is 22.1 Å². The van der Waals surface area contributed by atoms with Crippen LogP contribution in [0.1, 0.15) is 56.2 Å². The first-order valence-corrected chi connectivity index (χ1v) is 12.0. The number of nitrogens with zero attached hydrogens (tertiary/aromatic N) is 1. The fourth-order valence-electron chi connectivity index (χ4n) is 3.73. The Bertz CT molecular complexity index is 1100. The Balaban J connectivity index is 0.00000199. The number of hydrogen-bond acceptors (Lipinski definition) is 4. The van der Waals surface area contributed by atoms with Gasteiger partial charge in [-0.1, -0.05) is 75.2 Å². The molecule has 0 radical (unpaired) electrons. The molecule has 0 aliphatic rings. The summed E-state index contributed by atoms with van der Waals surface area (Å²) in [5.41, 5.74) is 8.58. The zero-order chi connectivity index (χ0) is 25.1. The van der Waals surface area contributed by atoms with Gasteiger partial charge in [0.25, 0.3) is 0 Å². The smallest absolute Gasteiger partial charge is 0.174 e. The van der Waals surface area contributed by atoms with E-state index in [2.05, 4.69) is 0 Å². The fourth-order valence-corrected chi connectivity index (χ4v) is 3.94. The molecule has 4 nitrogen and oxygen atoms in total. The lowest BCUT2D eigenvalue weighted by molar-refractivity contribution is 0.0973. The monoisotopic (exact) mass is 482 g/mol. The maximum Gasteiger partial charge on any atom is 0.174 e. The van der Waals surface area contributed by atoms with Crippen LogP contribution in [0.25, 0.3) is 11.1 Å². The molecule has 2 atom stereocenters. The number of benzene rings is 3. The third-order valence-corrected chi connectivity index (χ3v) is 5.71. The molecule has 3 aromatic carbocycles. The van der Waals surface area contributed by atoms with Gasteiger partial charge in [0.2, 0.25) is 0 Å². The average molecular weight is 483 g/mol. The highest BCUT2D eigenvalue weighted by molar-refractivity contribution is 6.33. The molecule has 180 valence electrons. The van der Waals surface area contributed by atoms with Gasteiger partial charge in [-0.3, -0.25) is 0 Å². The van der Waals surface area contributed by atoms with Crippen LogP contribution in [0, 0.1) is 17.1 Å².